The van der Waals surface area contributed by atoms with Crippen LogP contribution in [0.4, 0.5) is 13.6 Å². The van der Waals surface area contributed by atoms with E-state index < -0.39 is 18.0 Å². The molecule has 5 heteroatoms. The van der Waals surface area contributed by atoms with Gasteiger partial charge in [0, 0.05) is 18.9 Å². The maximum Gasteiger partial charge on any atom is 0.312 e. The van der Waals surface area contributed by atoms with E-state index >= 15 is 0 Å². The molecule has 0 aliphatic heterocycles. The van der Waals surface area contributed by atoms with E-state index in [0.717, 1.165) is 0 Å². The number of primary amides is 1. The highest BCUT2D eigenvalue weighted by Gasteiger charge is 2.39. The first-order valence-electron chi connectivity index (χ1n) is 3.43. The Kier molecular flexibility index (Phi) is 1.97. The van der Waals surface area contributed by atoms with Gasteiger partial charge in [-0.3, -0.25) is 0 Å². The minimum atomic E-state index is -2.62. The Balaban J connectivity index is 2.36. The normalized spacial score (nSPS) is 28.4. The molecule has 0 aromatic rings. The van der Waals surface area contributed by atoms with Crippen LogP contribution in [-0.4, -0.2) is 18.0 Å². The van der Waals surface area contributed by atoms with E-state index in [0.29, 0.717) is 6.42 Å². The number of nitrogens with two attached hydrogens (primary N) is 1. The van der Waals surface area contributed by atoms with Gasteiger partial charge in [0.05, 0.1) is 0 Å². The molecule has 1 saturated carbocycles. The van der Waals surface area contributed by atoms with Crippen molar-refractivity contribution in [1.29, 1.82) is 0 Å². The van der Waals surface area contributed by atoms with Crippen LogP contribution in [0, 0.1) is 0 Å². The summed E-state index contributed by atoms with van der Waals surface area (Å²) in [4.78, 5) is 10.2. The van der Waals surface area contributed by atoms with Crippen molar-refractivity contribution in [1.82, 2.24) is 5.32 Å². The van der Waals surface area contributed by atoms with Gasteiger partial charge in [0.25, 0.3) is 0 Å². The molecule has 2 amide bonds. The molecule has 11 heavy (non-hydrogen) atoms. The van der Waals surface area contributed by atoms with Crippen LogP contribution in [-0.2, 0) is 0 Å². The lowest BCUT2D eigenvalue weighted by Gasteiger charge is -2.10. The van der Waals surface area contributed by atoms with Crippen LogP contribution < -0.4 is 11.1 Å². The van der Waals surface area contributed by atoms with Crippen LogP contribution in [0.5, 0.6) is 0 Å². The van der Waals surface area contributed by atoms with Crippen molar-refractivity contribution in [2.45, 2.75) is 31.2 Å². The number of carbonyl (C=O) groups excluding carboxylic acids is 1. The van der Waals surface area contributed by atoms with Crippen molar-refractivity contribution in [3.8, 4) is 0 Å². The van der Waals surface area contributed by atoms with E-state index in [1.54, 1.807) is 0 Å². The molecule has 1 atom stereocenters. The maximum absolute atomic E-state index is 12.5. The number of hydrogen-bond acceptors (Lipinski definition) is 1. The molecule has 0 aromatic heterocycles. The Bertz CT molecular complexity index is 172. The van der Waals surface area contributed by atoms with Gasteiger partial charge in [0.2, 0.25) is 5.92 Å². The molecule has 0 saturated heterocycles. The largest absolute Gasteiger partial charge is 0.352 e. The predicted octanol–water partition coefficient (Wildman–Crippen LogP) is 0.843. The summed E-state index contributed by atoms with van der Waals surface area (Å²) in [6.07, 6.45) is -0.121. The molecule has 0 bridgehead atoms. The second-order valence-corrected chi connectivity index (χ2v) is 2.80. The lowest BCUT2D eigenvalue weighted by Crippen LogP contribution is -2.37. The van der Waals surface area contributed by atoms with Gasteiger partial charge in [-0.05, 0) is 6.42 Å². The Morgan fingerprint density at radius 2 is 2.27 bits per heavy atom. The van der Waals surface area contributed by atoms with Crippen molar-refractivity contribution < 1.29 is 13.6 Å². The molecule has 0 heterocycles. The highest BCUT2D eigenvalue weighted by Crippen LogP contribution is 2.34. The second kappa shape index (κ2) is 2.64. The molecule has 1 fully saturated rings. The van der Waals surface area contributed by atoms with E-state index in [-0.39, 0.29) is 12.8 Å². The molecule has 0 radical (unpaired) electrons. The van der Waals surface area contributed by atoms with E-state index in [9.17, 15) is 13.6 Å². The molecule has 0 spiro atoms. The van der Waals surface area contributed by atoms with Gasteiger partial charge in [-0.15, -0.1) is 0 Å². The van der Waals surface area contributed by atoms with Crippen molar-refractivity contribution >= 4 is 6.03 Å². The van der Waals surface area contributed by atoms with Gasteiger partial charge in [-0.25, -0.2) is 13.6 Å². The summed E-state index contributed by atoms with van der Waals surface area (Å²) >= 11 is 0. The third kappa shape index (κ3) is 2.32. The zero-order valence-corrected chi connectivity index (χ0v) is 5.94. The summed E-state index contributed by atoms with van der Waals surface area (Å²) in [6.45, 7) is 0. The quantitative estimate of drug-likeness (QED) is 0.592. The molecule has 3 nitrogen and oxygen atoms in total. The lowest BCUT2D eigenvalue weighted by molar-refractivity contribution is 0.00735. The monoisotopic (exact) mass is 164 g/mol. The van der Waals surface area contributed by atoms with Gasteiger partial charge >= 0.3 is 6.03 Å². The van der Waals surface area contributed by atoms with Gasteiger partial charge in [-0.2, -0.15) is 0 Å². The highest BCUT2D eigenvalue weighted by atomic mass is 19.3. The van der Waals surface area contributed by atoms with Crippen molar-refractivity contribution in [3.05, 3.63) is 0 Å². The average molecular weight is 164 g/mol. The smallest absolute Gasteiger partial charge is 0.312 e. The van der Waals surface area contributed by atoms with E-state index in [1.807, 2.05) is 0 Å². The Morgan fingerprint density at radius 1 is 1.64 bits per heavy atom. The van der Waals surface area contributed by atoms with E-state index in [1.165, 1.54) is 0 Å². The molecule has 64 valence electrons. The van der Waals surface area contributed by atoms with Gasteiger partial charge in [0.15, 0.2) is 0 Å². The summed E-state index contributed by atoms with van der Waals surface area (Å²) in [5.41, 5.74) is 4.77. The van der Waals surface area contributed by atoms with Crippen LogP contribution >= 0.6 is 0 Å². The maximum atomic E-state index is 12.5. The number of rotatable bonds is 1. The number of urea groups is 1. The van der Waals surface area contributed by atoms with E-state index in [4.69, 9.17) is 5.73 Å². The molecule has 3 N–H and O–H groups in total. The third-order valence-electron chi connectivity index (χ3n) is 1.75. The zero-order valence-electron chi connectivity index (χ0n) is 5.94. The molecular formula is C6H10F2N2O. The van der Waals surface area contributed by atoms with Crippen molar-refractivity contribution in [3.63, 3.8) is 0 Å². The summed E-state index contributed by atoms with van der Waals surface area (Å²) < 4.78 is 24.9. The summed E-state index contributed by atoms with van der Waals surface area (Å²) in [7, 11) is 0. The fraction of sp³-hybridized carbons (Fsp3) is 0.833. The Labute approximate surface area is 62.9 Å². The average Bonchev–Trinajstić information content (AvgIpc) is 2.08. The lowest BCUT2D eigenvalue weighted by atomic mass is 10.2. The minimum Gasteiger partial charge on any atom is -0.352 e. The zero-order chi connectivity index (χ0) is 8.48. The van der Waals surface area contributed by atoms with E-state index in [2.05, 4.69) is 5.32 Å². The molecule has 1 rings (SSSR count). The molecule has 1 aliphatic rings. The van der Waals surface area contributed by atoms with Gasteiger partial charge in [-0.1, -0.05) is 0 Å². The fourth-order valence-electron chi connectivity index (χ4n) is 1.27. The van der Waals surface area contributed by atoms with Crippen LogP contribution in [0.15, 0.2) is 0 Å². The summed E-state index contributed by atoms with van der Waals surface area (Å²) in [5, 5.41) is 2.26. The van der Waals surface area contributed by atoms with Crippen molar-refractivity contribution in [2.24, 2.45) is 5.73 Å². The Hall–Kier alpha value is -0.870. The predicted molar refractivity (Wildman–Crippen MR) is 35.3 cm³/mol. The highest BCUT2D eigenvalue weighted by molar-refractivity contribution is 5.72. The van der Waals surface area contributed by atoms with Crippen LogP contribution in [0.25, 0.3) is 0 Å². The van der Waals surface area contributed by atoms with Gasteiger partial charge in [0.1, 0.15) is 0 Å². The molecule has 0 aromatic carbocycles. The summed E-state index contributed by atoms with van der Waals surface area (Å²) in [6, 6.07) is -1.17. The Morgan fingerprint density at radius 3 is 2.64 bits per heavy atom. The standard InChI is InChI=1S/C6H10F2N2O/c7-6(8)2-1-4(3-6)10-5(9)11/h4H,1-3H2,(H3,9,10,11). The first-order valence-corrected chi connectivity index (χ1v) is 3.43. The molecule has 1 unspecified atom stereocenters. The number of halogens is 2. The third-order valence-corrected chi connectivity index (χ3v) is 1.75. The first-order chi connectivity index (χ1) is 4.99. The molecule has 1 aliphatic carbocycles. The number of carbonyl (C=O) groups is 1. The van der Waals surface area contributed by atoms with Crippen LogP contribution in [0.1, 0.15) is 19.3 Å². The minimum absolute atomic E-state index is 0.155. The van der Waals surface area contributed by atoms with Crippen LogP contribution in [0.3, 0.4) is 0 Å². The number of hydrogen-bond donors (Lipinski definition) is 2. The fourth-order valence-corrected chi connectivity index (χ4v) is 1.27. The number of alkyl halides is 2. The van der Waals surface area contributed by atoms with Crippen molar-refractivity contribution in [2.75, 3.05) is 0 Å². The summed E-state index contributed by atoms with van der Waals surface area (Å²) in [5.74, 6) is -2.62. The first kappa shape index (κ1) is 8.23. The molecular weight excluding hydrogens is 154 g/mol. The SMILES string of the molecule is NC(=O)NC1CCC(F)(F)C1. The van der Waals surface area contributed by atoms with Crippen LogP contribution in [0.2, 0.25) is 0 Å². The topological polar surface area (TPSA) is 55.1 Å². The van der Waals surface area contributed by atoms with Gasteiger partial charge < -0.3 is 11.1 Å². The number of amides is 2. The second-order valence-electron chi connectivity index (χ2n) is 2.80. The number of nitrogens with one attached hydrogen (secondary N) is 1.